The molecular weight excluding hydrogens is 355 g/mol. The highest BCUT2D eigenvalue weighted by Crippen LogP contribution is 2.33. The molecule has 0 aromatic heterocycles. The third kappa shape index (κ3) is 5.31. The highest BCUT2D eigenvalue weighted by Gasteiger charge is 2.29. The molecule has 0 aliphatic carbocycles. The lowest BCUT2D eigenvalue weighted by atomic mass is 10.3. The van der Waals surface area contributed by atoms with E-state index in [4.69, 9.17) is 16.4 Å². The summed E-state index contributed by atoms with van der Waals surface area (Å²) < 4.78 is 41.5. The summed E-state index contributed by atoms with van der Waals surface area (Å²) in [5.41, 5.74) is 7.13. The van der Waals surface area contributed by atoms with Gasteiger partial charge in [-0.05, 0) is 28.1 Å². The normalized spacial score (nSPS) is 11.7. The van der Waals surface area contributed by atoms with Crippen molar-refractivity contribution in [2.45, 2.75) is 6.18 Å². The van der Waals surface area contributed by atoms with Gasteiger partial charge >= 0.3 is 6.18 Å². The molecule has 0 aliphatic rings. The van der Waals surface area contributed by atoms with Gasteiger partial charge in [-0.15, -0.1) is 0 Å². The number of amidine groups is 1. The number of hydrogen-bond acceptors (Lipinski definition) is 5. The van der Waals surface area contributed by atoms with Crippen LogP contribution in [0.15, 0.2) is 27.8 Å². The molecule has 0 saturated carbocycles. The van der Waals surface area contributed by atoms with E-state index >= 15 is 0 Å². The third-order valence-corrected chi connectivity index (χ3v) is 2.67. The molecule has 1 rings (SSSR count). The number of hydrazone groups is 1. The smallest absolute Gasteiger partial charge is 0.422 e. The molecule has 0 aliphatic heterocycles. The van der Waals surface area contributed by atoms with Gasteiger partial charge in [0.15, 0.2) is 12.4 Å². The van der Waals surface area contributed by atoms with E-state index in [2.05, 4.69) is 31.2 Å². The second-order valence-electron chi connectivity index (χ2n) is 3.61. The number of benzene rings is 1. The van der Waals surface area contributed by atoms with Crippen molar-refractivity contribution in [1.29, 1.82) is 10.7 Å². The van der Waals surface area contributed by atoms with E-state index in [1.165, 1.54) is 18.2 Å². The van der Waals surface area contributed by atoms with Crippen molar-refractivity contribution in [3.05, 3.63) is 22.7 Å². The van der Waals surface area contributed by atoms with Crippen LogP contribution in [0.1, 0.15) is 0 Å². The molecule has 0 fully saturated rings. The minimum Gasteiger partial charge on any atom is -0.482 e. The number of anilines is 1. The first-order chi connectivity index (χ1) is 9.74. The fourth-order valence-corrected chi connectivity index (χ4v) is 1.59. The van der Waals surface area contributed by atoms with Gasteiger partial charge in [0.2, 0.25) is 5.71 Å². The summed E-state index contributed by atoms with van der Waals surface area (Å²) in [7, 11) is 0. The van der Waals surface area contributed by atoms with Crippen LogP contribution in [0.3, 0.4) is 0 Å². The van der Waals surface area contributed by atoms with Crippen LogP contribution in [0.25, 0.3) is 0 Å². The molecule has 112 valence electrons. The molecule has 0 unspecified atom stereocenters. The summed E-state index contributed by atoms with van der Waals surface area (Å²) in [6.45, 7) is -1.47. The van der Waals surface area contributed by atoms with Crippen molar-refractivity contribution >= 4 is 33.2 Å². The Morgan fingerprint density at radius 1 is 1.52 bits per heavy atom. The molecule has 6 nitrogen and oxygen atoms in total. The fraction of sp³-hybridized carbons (Fsp3) is 0.182. The number of halogens is 4. The van der Waals surface area contributed by atoms with Crippen molar-refractivity contribution in [3.8, 4) is 11.8 Å². The predicted octanol–water partition coefficient (Wildman–Crippen LogP) is 2.62. The molecule has 0 saturated heterocycles. The van der Waals surface area contributed by atoms with Crippen molar-refractivity contribution in [1.82, 2.24) is 0 Å². The Kier molecular flexibility index (Phi) is 5.54. The molecular formula is C11H9BrF3N5O. The number of alkyl halides is 3. The minimum atomic E-state index is -4.49. The maximum absolute atomic E-state index is 12.2. The third-order valence-electron chi connectivity index (χ3n) is 2.01. The molecule has 0 heterocycles. The van der Waals surface area contributed by atoms with Crippen molar-refractivity contribution in [3.63, 3.8) is 0 Å². The number of nitriles is 1. The lowest BCUT2D eigenvalue weighted by Crippen LogP contribution is -2.22. The number of hydrogen-bond donors (Lipinski definition) is 3. The van der Waals surface area contributed by atoms with E-state index in [-0.39, 0.29) is 11.4 Å². The Morgan fingerprint density at radius 3 is 2.71 bits per heavy atom. The molecule has 1 aromatic carbocycles. The Bertz CT molecular complexity index is 609. The number of nitrogens with two attached hydrogens (primary N) is 1. The number of ether oxygens (including phenoxy) is 1. The fourth-order valence-electron chi connectivity index (χ4n) is 1.15. The molecule has 0 spiro atoms. The maximum Gasteiger partial charge on any atom is 0.422 e. The van der Waals surface area contributed by atoms with Crippen molar-refractivity contribution in [2.75, 3.05) is 12.0 Å². The van der Waals surface area contributed by atoms with E-state index in [1.54, 1.807) is 6.07 Å². The molecule has 10 heteroatoms. The van der Waals surface area contributed by atoms with Gasteiger partial charge in [0.05, 0.1) is 0 Å². The van der Waals surface area contributed by atoms with E-state index in [9.17, 15) is 13.2 Å². The molecule has 21 heavy (non-hydrogen) atoms. The highest BCUT2D eigenvalue weighted by atomic mass is 79.9. The number of nitrogens with one attached hydrogen (secondary N) is 2. The van der Waals surface area contributed by atoms with Crippen LogP contribution in [0.5, 0.6) is 5.75 Å². The summed E-state index contributed by atoms with van der Waals surface area (Å²) in [5, 5.41) is 19.3. The van der Waals surface area contributed by atoms with Crippen LogP contribution >= 0.6 is 15.9 Å². The van der Waals surface area contributed by atoms with E-state index in [1.807, 2.05) is 0 Å². The Balaban J connectivity index is 3.01. The van der Waals surface area contributed by atoms with E-state index in [0.29, 0.717) is 4.47 Å². The quantitative estimate of drug-likeness (QED) is 0.424. The van der Waals surface area contributed by atoms with Crippen LogP contribution in [0, 0.1) is 16.7 Å². The van der Waals surface area contributed by atoms with E-state index < -0.39 is 24.3 Å². The zero-order valence-corrected chi connectivity index (χ0v) is 11.9. The summed E-state index contributed by atoms with van der Waals surface area (Å²) in [4.78, 5) is 0. The lowest BCUT2D eigenvalue weighted by Gasteiger charge is -2.13. The van der Waals surface area contributed by atoms with Crippen LogP contribution in [-0.4, -0.2) is 24.3 Å². The van der Waals surface area contributed by atoms with Crippen LogP contribution in [0.4, 0.5) is 18.9 Å². The zero-order valence-electron chi connectivity index (χ0n) is 10.3. The first-order valence-corrected chi connectivity index (χ1v) is 6.10. The highest BCUT2D eigenvalue weighted by molar-refractivity contribution is 9.10. The maximum atomic E-state index is 12.2. The van der Waals surface area contributed by atoms with Crippen LogP contribution < -0.4 is 15.9 Å². The van der Waals surface area contributed by atoms with Gasteiger partial charge in [-0.1, -0.05) is 6.07 Å². The van der Waals surface area contributed by atoms with E-state index in [0.717, 1.165) is 0 Å². The Morgan fingerprint density at radius 2 is 2.19 bits per heavy atom. The first-order valence-electron chi connectivity index (χ1n) is 5.31. The standard InChI is InChI=1S/C11H9BrF3N5O/c12-6-2-1-3-8(21-5-11(13,14)15)9(6)20-19-7(4-16)10(17)18/h1-3,20H,5H2,(H3,17,18)/b19-7+. The first kappa shape index (κ1) is 16.8. The molecule has 4 N–H and O–H groups in total. The largest absolute Gasteiger partial charge is 0.482 e. The van der Waals surface area contributed by atoms with Gasteiger partial charge < -0.3 is 10.5 Å². The van der Waals surface area contributed by atoms with Crippen LogP contribution in [-0.2, 0) is 0 Å². The van der Waals surface area contributed by atoms with Gasteiger partial charge in [-0.2, -0.15) is 23.5 Å². The second-order valence-corrected chi connectivity index (χ2v) is 4.47. The van der Waals surface area contributed by atoms with Gasteiger partial charge in [-0.3, -0.25) is 10.8 Å². The topological polar surface area (TPSA) is 107 Å². The average Bonchev–Trinajstić information content (AvgIpc) is 2.37. The SMILES string of the molecule is N#C/C(=N\Nc1c(Br)cccc1OCC(F)(F)F)C(=N)N. The predicted molar refractivity (Wildman–Crippen MR) is 74.3 cm³/mol. The molecule has 0 radical (unpaired) electrons. The van der Waals surface area contributed by atoms with Gasteiger partial charge in [0, 0.05) is 4.47 Å². The summed E-state index contributed by atoms with van der Waals surface area (Å²) in [6.07, 6.45) is -4.49. The zero-order chi connectivity index (χ0) is 16.0. The summed E-state index contributed by atoms with van der Waals surface area (Å²) >= 11 is 3.12. The number of para-hydroxylation sites is 1. The summed E-state index contributed by atoms with van der Waals surface area (Å²) in [5.74, 6) is -0.693. The molecule has 1 aromatic rings. The Hall–Kier alpha value is -2.28. The monoisotopic (exact) mass is 363 g/mol. The van der Waals surface area contributed by atoms with Gasteiger partial charge in [0.25, 0.3) is 0 Å². The van der Waals surface area contributed by atoms with Crippen LogP contribution in [0.2, 0.25) is 0 Å². The lowest BCUT2D eigenvalue weighted by molar-refractivity contribution is -0.153. The molecule has 0 amide bonds. The van der Waals surface area contributed by atoms with Crippen molar-refractivity contribution in [2.24, 2.45) is 10.8 Å². The molecule has 0 atom stereocenters. The summed E-state index contributed by atoms with van der Waals surface area (Å²) in [6, 6.07) is 5.88. The van der Waals surface area contributed by atoms with Gasteiger partial charge in [-0.25, -0.2) is 0 Å². The minimum absolute atomic E-state index is 0.0794. The number of rotatable bonds is 5. The second kappa shape index (κ2) is 6.94. The van der Waals surface area contributed by atoms with Crippen molar-refractivity contribution < 1.29 is 17.9 Å². The number of nitrogens with zero attached hydrogens (tertiary/aromatic N) is 2. The molecule has 0 bridgehead atoms. The van der Waals surface area contributed by atoms with Gasteiger partial charge in [0.1, 0.15) is 17.5 Å². The average molecular weight is 364 g/mol. The Labute approximate surface area is 126 Å².